The molecule has 0 radical (unpaired) electrons. The van der Waals surface area contributed by atoms with Gasteiger partial charge in [-0.2, -0.15) is 0 Å². The molecule has 2 aromatic rings. The first kappa shape index (κ1) is 14.0. The Morgan fingerprint density at radius 2 is 1.80 bits per heavy atom. The SMILES string of the molecule is Cc1ccc(Cl)cc1NC1CC(c2ccc(Br)cc2)C1. The molecule has 0 unspecified atom stereocenters. The summed E-state index contributed by atoms with van der Waals surface area (Å²) in [4.78, 5) is 0. The highest BCUT2D eigenvalue weighted by Gasteiger charge is 2.30. The number of aryl methyl sites for hydroxylation is 1. The van der Waals surface area contributed by atoms with Crippen molar-refractivity contribution in [1.29, 1.82) is 0 Å². The second-order valence-corrected chi connectivity index (χ2v) is 6.87. The second kappa shape index (κ2) is 5.79. The van der Waals surface area contributed by atoms with Gasteiger partial charge in [0.25, 0.3) is 0 Å². The van der Waals surface area contributed by atoms with Gasteiger partial charge < -0.3 is 5.32 Å². The topological polar surface area (TPSA) is 12.0 Å². The average molecular weight is 351 g/mol. The lowest BCUT2D eigenvalue weighted by molar-refractivity contribution is 0.374. The molecule has 0 heterocycles. The zero-order valence-corrected chi connectivity index (χ0v) is 13.7. The molecule has 104 valence electrons. The van der Waals surface area contributed by atoms with Crippen molar-refractivity contribution in [2.45, 2.75) is 31.7 Å². The van der Waals surface area contributed by atoms with Crippen LogP contribution in [0.2, 0.25) is 5.02 Å². The molecular weight excluding hydrogens is 334 g/mol. The Hall–Kier alpha value is -0.990. The minimum atomic E-state index is 0.556. The van der Waals surface area contributed by atoms with Gasteiger partial charge in [-0.3, -0.25) is 0 Å². The molecule has 3 heteroatoms. The third kappa shape index (κ3) is 3.02. The van der Waals surface area contributed by atoms with E-state index in [0.717, 1.165) is 15.2 Å². The Morgan fingerprint density at radius 3 is 2.50 bits per heavy atom. The third-order valence-corrected chi connectivity index (χ3v) is 4.80. The summed E-state index contributed by atoms with van der Waals surface area (Å²) in [6.07, 6.45) is 2.38. The number of nitrogens with one attached hydrogen (secondary N) is 1. The lowest BCUT2D eigenvalue weighted by Gasteiger charge is -2.37. The molecule has 0 bridgehead atoms. The van der Waals surface area contributed by atoms with Crippen molar-refractivity contribution in [1.82, 2.24) is 0 Å². The van der Waals surface area contributed by atoms with E-state index in [9.17, 15) is 0 Å². The Labute approximate surface area is 133 Å². The molecule has 0 aromatic heterocycles. The number of rotatable bonds is 3. The summed E-state index contributed by atoms with van der Waals surface area (Å²) < 4.78 is 1.14. The molecule has 0 aliphatic heterocycles. The van der Waals surface area contributed by atoms with Crippen LogP contribution in [0.5, 0.6) is 0 Å². The summed E-state index contributed by atoms with van der Waals surface area (Å²) in [5, 5.41) is 4.40. The highest BCUT2D eigenvalue weighted by Crippen LogP contribution is 2.39. The van der Waals surface area contributed by atoms with Gasteiger partial charge in [0.2, 0.25) is 0 Å². The molecule has 1 fully saturated rings. The Morgan fingerprint density at radius 1 is 1.10 bits per heavy atom. The van der Waals surface area contributed by atoms with E-state index in [-0.39, 0.29) is 0 Å². The first-order valence-corrected chi connectivity index (χ1v) is 8.07. The van der Waals surface area contributed by atoms with E-state index in [1.165, 1.54) is 24.0 Å². The van der Waals surface area contributed by atoms with E-state index < -0.39 is 0 Å². The summed E-state index contributed by atoms with van der Waals surface area (Å²) in [5.41, 5.74) is 3.85. The number of anilines is 1. The molecule has 1 aliphatic carbocycles. The van der Waals surface area contributed by atoms with E-state index in [2.05, 4.69) is 58.5 Å². The van der Waals surface area contributed by atoms with Gasteiger partial charge in [0.15, 0.2) is 0 Å². The molecule has 0 atom stereocenters. The quantitative estimate of drug-likeness (QED) is 0.741. The molecule has 20 heavy (non-hydrogen) atoms. The van der Waals surface area contributed by atoms with E-state index in [0.29, 0.717) is 12.0 Å². The molecule has 1 aliphatic rings. The first-order valence-electron chi connectivity index (χ1n) is 6.90. The van der Waals surface area contributed by atoms with Gasteiger partial charge in [-0.05, 0) is 61.1 Å². The van der Waals surface area contributed by atoms with Crippen LogP contribution in [0.3, 0.4) is 0 Å². The predicted molar refractivity (Wildman–Crippen MR) is 89.7 cm³/mol. The molecule has 1 N–H and O–H groups in total. The Kier molecular flexibility index (Phi) is 4.04. The smallest absolute Gasteiger partial charge is 0.0426 e. The standard InChI is InChI=1S/C17H17BrClN/c1-11-2-7-15(19)10-17(11)20-16-8-13(9-16)12-3-5-14(18)6-4-12/h2-7,10,13,16,20H,8-9H2,1H3. The van der Waals surface area contributed by atoms with Crippen LogP contribution in [0, 0.1) is 6.92 Å². The fourth-order valence-corrected chi connectivity index (χ4v) is 3.15. The first-order chi connectivity index (χ1) is 9.61. The van der Waals surface area contributed by atoms with Gasteiger partial charge in [-0.15, -0.1) is 0 Å². The number of hydrogen-bond donors (Lipinski definition) is 1. The maximum Gasteiger partial charge on any atom is 0.0426 e. The van der Waals surface area contributed by atoms with Crippen molar-refractivity contribution in [3.63, 3.8) is 0 Å². The van der Waals surface area contributed by atoms with E-state index in [1.54, 1.807) is 0 Å². The molecule has 0 spiro atoms. The minimum Gasteiger partial charge on any atom is -0.382 e. The third-order valence-electron chi connectivity index (χ3n) is 4.04. The van der Waals surface area contributed by atoms with Crippen LogP contribution in [0.15, 0.2) is 46.9 Å². The van der Waals surface area contributed by atoms with E-state index in [4.69, 9.17) is 11.6 Å². The highest BCUT2D eigenvalue weighted by molar-refractivity contribution is 9.10. The van der Waals surface area contributed by atoms with E-state index in [1.807, 2.05) is 12.1 Å². The number of halogens is 2. The fraction of sp³-hybridized carbons (Fsp3) is 0.294. The van der Waals surface area contributed by atoms with Gasteiger partial charge in [-0.1, -0.05) is 45.7 Å². The van der Waals surface area contributed by atoms with Crippen LogP contribution in [0.25, 0.3) is 0 Å². The molecule has 2 aromatic carbocycles. The molecule has 0 saturated heterocycles. The summed E-state index contributed by atoms with van der Waals surface area (Å²) in [6, 6.07) is 15.3. The Bertz CT molecular complexity index is 603. The molecular formula is C17H17BrClN. The maximum atomic E-state index is 6.06. The van der Waals surface area contributed by atoms with Crippen molar-refractivity contribution >= 4 is 33.2 Å². The van der Waals surface area contributed by atoms with Gasteiger partial charge in [0.1, 0.15) is 0 Å². The molecule has 0 amide bonds. The summed E-state index contributed by atoms with van der Waals surface area (Å²) in [7, 11) is 0. The molecule has 3 rings (SSSR count). The zero-order valence-electron chi connectivity index (χ0n) is 11.4. The van der Waals surface area contributed by atoms with Gasteiger partial charge in [-0.25, -0.2) is 0 Å². The lowest BCUT2D eigenvalue weighted by atomic mass is 9.76. The maximum absolute atomic E-state index is 6.06. The van der Waals surface area contributed by atoms with Gasteiger partial charge >= 0.3 is 0 Å². The fourth-order valence-electron chi connectivity index (χ4n) is 2.71. The van der Waals surface area contributed by atoms with Crippen molar-refractivity contribution in [3.8, 4) is 0 Å². The van der Waals surface area contributed by atoms with Crippen LogP contribution in [-0.4, -0.2) is 6.04 Å². The predicted octanol–water partition coefficient (Wildman–Crippen LogP) is 5.77. The molecule has 1 nitrogen and oxygen atoms in total. The molecule has 1 saturated carbocycles. The largest absolute Gasteiger partial charge is 0.382 e. The Balaban J connectivity index is 1.60. The summed E-state index contributed by atoms with van der Waals surface area (Å²) in [6.45, 7) is 2.11. The second-order valence-electron chi connectivity index (χ2n) is 5.52. The van der Waals surface area contributed by atoms with Crippen LogP contribution in [0.1, 0.15) is 29.9 Å². The van der Waals surface area contributed by atoms with Crippen LogP contribution in [0.4, 0.5) is 5.69 Å². The lowest BCUT2D eigenvalue weighted by Crippen LogP contribution is -2.34. The van der Waals surface area contributed by atoms with Crippen LogP contribution < -0.4 is 5.32 Å². The van der Waals surface area contributed by atoms with Gasteiger partial charge in [0, 0.05) is 21.2 Å². The summed E-state index contributed by atoms with van der Waals surface area (Å²) >= 11 is 9.54. The van der Waals surface area contributed by atoms with E-state index >= 15 is 0 Å². The zero-order chi connectivity index (χ0) is 14.1. The normalized spacial score (nSPS) is 21.4. The average Bonchev–Trinajstić information content (AvgIpc) is 2.39. The number of hydrogen-bond acceptors (Lipinski definition) is 1. The van der Waals surface area contributed by atoms with Crippen molar-refractivity contribution in [2.75, 3.05) is 5.32 Å². The van der Waals surface area contributed by atoms with Gasteiger partial charge in [0.05, 0.1) is 0 Å². The number of benzene rings is 2. The van der Waals surface area contributed by atoms with Crippen molar-refractivity contribution in [3.05, 3.63) is 63.1 Å². The minimum absolute atomic E-state index is 0.556. The monoisotopic (exact) mass is 349 g/mol. The van der Waals surface area contributed by atoms with Crippen molar-refractivity contribution < 1.29 is 0 Å². The van der Waals surface area contributed by atoms with Crippen LogP contribution in [-0.2, 0) is 0 Å². The van der Waals surface area contributed by atoms with Crippen molar-refractivity contribution in [2.24, 2.45) is 0 Å². The van der Waals surface area contributed by atoms with Crippen LogP contribution >= 0.6 is 27.5 Å². The summed E-state index contributed by atoms with van der Waals surface area (Å²) in [5.74, 6) is 0.681. The highest BCUT2D eigenvalue weighted by atomic mass is 79.9.